The molecule has 0 fully saturated rings. The van der Waals surface area contributed by atoms with Gasteiger partial charge in [-0.05, 0) is 86.2 Å². The Morgan fingerprint density at radius 3 is 2.70 bits per heavy atom. The molecule has 1 aliphatic heterocycles. The maximum Gasteiger partial charge on any atom is 0.386 e. The van der Waals surface area contributed by atoms with E-state index in [1.807, 2.05) is 35.9 Å². The van der Waals surface area contributed by atoms with Gasteiger partial charge in [0, 0.05) is 34.9 Å². The highest BCUT2D eigenvalue weighted by atomic mass is 79.9. The monoisotopic (exact) mass is 704 g/mol. The van der Waals surface area contributed by atoms with Crippen LogP contribution in [0.25, 0.3) is 11.0 Å². The zero-order valence-corrected chi connectivity index (χ0v) is 27.8. The number of alkyl halides is 1. The Kier molecular flexibility index (Phi) is 9.83. The van der Waals surface area contributed by atoms with E-state index in [9.17, 15) is 18.3 Å². The number of carbonyl (C=O) groups excluding carboxylic acids is 1. The number of unbranched alkanes of at least 4 members (excludes halogenated alkanes) is 1. The second-order valence-corrected chi connectivity index (χ2v) is 13.4. The van der Waals surface area contributed by atoms with Crippen LogP contribution in [0, 0.1) is 6.92 Å². The number of halogens is 2. The van der Waals surface area contributed by atoms with Gasteiger partial charge >= 0.3 is 16.3 Å². The quantitative estimate of drug-likeness (QED) is 0.106. The molecular formula is C31H34BrClN4O6S. The van der Waals surface area contributed by atoms with Gasteiger partial charge in [-0.25, -0.2) is 4.68 Å². The Balaban J connectivity index is 1.54. The number of hydrogen-bond donors (Lipinski definition) is 1. The molecule has 3 aromatic carbocycles. The van der Waals surface area contributed by atoms with Crippen molar-refractivity contribution in [1.29, 1.82) is 0 Å². The lowest BCUT2D eigenvalue weighted by molar-refractivity contribution is -0.143. The fourth-order valence-electron chi connectivity index (χ4n) is 5.64. The number of benzene rings is 3. The molecular weight excluding hydrogens is 672 g/mol. The molecule has 0 amide bonds. The highest BCUT2D eigenvalue weighted by molar-refractivity contribution is 9.09. The van der Waals surface area contributed by atoms with Gasteiger partial charge in [-0.2, -0.15) is 12.7 Å². The van der Waals surface area contributed by atoms with Crippen molar-refractivity contribution in [3.05, 3.63) is 81.4 Å². The summed E-state index contributed by atoms with van der Waals surface area (Å²) < 4.78 is 40.2. The van der Waals surface area contributed by atoms with Crippen molar-refractivity contribution in [2.45, 2.75) is 65.1 Å². The van der Waals surface area contributed by atoms with E-state index in [2.05, 4.69) is 26.2 Å². The molecule has 1 aromatic heterocycles. The maximum atomic E-state index is 13.2. The van der Waals surface area contributed by atoms with E-state index in [0.29, 0.717) is 16.1 Å². The third-order valence-electron chi connectivity index (χ3n) is 7.94. The molecule has 1 N–H and O–H groups in total. The Morgan fingerprint density at radius 1 is 1.16 bits per heavy atom. The van der Waals surface area contributed by atoms with Gasteiger partial charge in [0.1, 0.15) is 17.0 Å². The fraction of sp³-hybridized carbons (Fsp3) is 0.387. The fourth-order valence-corrected chi connectivity index (χ4v) is 7.59. The van der Waals surface area contributed by atoms with Crippen LogP contribution in [0.5, 0.6) is 11.5 Å². The molecule has 5 rings (SSSR count). The molecule has 44 heavy (non-hydrogen) atoms. The SMILES string of the molecule is CCOC(=O)CC(c1ccc(Cl)c([C@@H](C)N2Cc3cc(O)ccc3OS2(=O)=O)c1)c1ccc2c(nnn2CCCCBr)c1C. The number of aromatic hydroxyl groups is 1. The van der Waals surface area contributed by atoms with Crippen molar-refractivity contribution in [3.8, 4) is 11.5 Å². The van der Waals surface area contributed by atoms with Gasteiger partial charge in [-0.1, -0.05) is 50.9 Å². The Labute approximate surface area is 270 Å². The lowest BCUT2D eigenvalue weighted by atomic mass is 9.84. The van der Waals surface area contributed by atoms with Gasteiger partial charge in [0.2, 0.25) is 0 Å². The van der Waals surface area contributed by atoms with Gasteiger partial charge in [-0.15, -0.1) is 5.10 Å². The first-order valence-electron chi connectivity index (χ1n) is 14.4. The molecule has 0 saturated heterocycles. The first kappa shape index (κ1) is 32.2. The first-order valence-corrected chi connectivity index (χ1v) is 17.3. The van der Waals surface area contributed by atoms with Crippen LogP contribution in [0.4, 0.5) is 0 Å². The predicted octanol–water partition coefficient (Wildman–Crippen LogP) is 6.56. The summed E-state index contributed by atoms with van der Waals surface area (Å²) in [5, 5.41) is 20.1. The highest BCUT2D eigenvalue weighted by Gasteiger charge is 2.37. The van der Waals surface area contributed by atoms with Crippen molar-refractivity contribution in [1.82, 2.24) is 19.3 Å². The Hall–Kier alpha value is -3.19. The minimum atomic E-state index is -4.16. The van der Waals surface area contributed by atoms with Crippen LogP contribution >= 0.6 is 27.5 Å². The second-order valence-electron chi connectivity index (χ2n) is 10.8. The van der Waals surface area contributed by atoms with E-state index < -0.39 is 22.3 Å². The number of carbonyl (C=O) groups is 1. The van der Waals surface area contributed by atoms with Crippen molar-refractivity contribution < 1.29 is 27.2 Å². The molecule has 0 aliphatic carbocycles. The lowest BCUT2D eigenvalue weighted by Crippen LogP contribution is -2.39. The number of aryl methyl sites for hydroxylation is 2. The molecule has 1 unspecified atom stereocenters. The van der Waals surface area contributed by atoms with Crippen LogP contribution in [-0.2, 0) is 32.9 Å². The van der Waals surface area contributed by atoms with Crippen LogP contribution in [0.3, 0.4) is 0 Å². The Bertz CT molecular complexity index is 1800. The van der Waals surface area contributed by atoms with Gasteiger partial charge < -0.3 is 14.0 Å². The predicted molar refractivity (Wildman–Crippen MR) is 171 cm³/mol. The van der Waals surface area contributed by atoms with Crippen molar-refractivity contribution in [3.63, 3.8) is 0 Å². The standard InChI is InChI=1S/C31H34BrClN4O6S/c1-4-42-30(39)17-26(24-9-11-28-31(19(24)2)34-35-36(28)14-6-5-13-32)21-7-10-27(33)25(16-21)20(3)37-18-22-15-23(38)8-12-29(22)43-44(37,40)41/h7-12,15-16,20,26,38H,4-6,13-14,17-18H2,1-3H3/t20-,26?/m1/s1. The van der Waals surface area contributed by atoms with E-state index in [1.165, 1.54) is 22.5 Å². The largest absolute Gasteiger partial charge is 0.508 e. The van der Waals surface area contributed by atoms with E-state index >= 15 is 0 Å². The number of rotatable bonds is 11. The van der Waals surface area contributed by atoms with Crippen molar-refractivity contribution >= 4 is 54.8 Å². The summed E-state index contributed by atoms with van der Waals surface area (Å²) in [7, 11) is -4.16. The summed E-state index contributed by atoms with van der Waals surface area (Å²) in [6.45, 7) is 6.45. The number of hydrogen-bond acceptors (Lipinski definition) is 8. The van der Waals surface area contributed by atoms with Crippen molar-refractivity contribution in [2.24, 2.45) is 0 Å². The number of phenols is 1. The smallest absolute Gasteiger partial charge is 0.386 e. The molecule has 4 aromatic rings. The topological polar surface area (TPSA) is 124 Å². The van der Waals surface area contributed by atoms with Gasteiger partial charge in [0.15, 0.2) is 0 Å². The molecule has 0 bridgehead atoms. The number of ether oxygens (including phenoxy) is 1. The van der Waals surface area contributed by atoms with Crippen LogP contribution in [0.15, 0.2) is 48.5 Å². The summed E-state index contributed by atoms with van der Waals surface area (Å²) in [5.41, 5.74) is 5.31. The molecule has 1 aliphatic rings. The van der Waals surface area contributed by atoms with Gasteiger partial charge in [0.05, 0.1) is 24.6 Å². The number of aromatic nitrogens is 3. The molecule has 0 radical (unpaired) electrons. The minimum Gasteiger partial charge on any atom is -0.508 e. The van der Waals surface area contributed by atoms with Crippen LogP contribution in [-0.4, -0.2) is 50.7 Å². The molecule has 13 heteroatoms. The summed E-state index contributed by atoms with van der Waals surface area (Å²) in [4.78, 5) is 12.9. The molecule has 234 valence electrons. The first-order chi connectivity index (χ1) is 21.0. The van der Waals surface area contributed by atoms with Crippen LogP contribution in [0.2, 0.25) is 5.02 Å². The molecule has 0 saturated carbocycles. The van der Waals surface area contributed by atoms with E-state index in [1.54, 1.807) is 19.9 Å². The molecule has 0 spiro atoms. The second kappa shape index (κ2) is 13.4. The third-order valence-corrected chi connectivity index (χ3v) is 10.3. The number of esters is 1. The minimum absolute atomic E-state index is 0.00685. The Morgan fingerprint density at radius 2 is 1.95 bits per heavy atom. The summed E-state index contributed by atoms with van der Waals surface area (Å²) in [6, 6.07) is 12.9. The van der Waals surface area contributed by atoms with E-state index in [-0.39, 0.29) is 37.0 Å². The van der Waals surface area contributed by atoms with Crippen LogP contribution < -0.4 is 4.18 Å². The lowest BCUT2D eigenvalue weighted by Gasteiger charge is -2.33. The summed E-state index contributed by atoms with van der Waals surface area (Å²) in [5.74, 6) is -0.602. The normalized spacial score (nSPS) is 15.8. The maximum absolute atomic E-state index is 13.2. The molecule has 2 heterocycles. The van der Waals surface area contributed by atoms with Gasteiger partial charge in [0.25, 0.3) is 0 Å². The number of nitrogens with zero attached hydrogens (tertiary/aromatic N) is 4. The number of phenolic OH excluding ortho intramolecular Hbond substituents is 1. The van der Waals surface area contributed by atoms with E-state index in [0.717, 1.165) is 52.4 Å². The van der Waals surface area contributed by atoms with Crippen molar-refractivity contribution in [2.75, 3.05) is 11.9 Å². The van der Waals surface area contributed by atoms with E-state index in [4.69, 9.17) is 20.5 Å². The third kappa shape index (κ3) is 6.58. The highest BCUT2D eigenvalue weighted by Crippen LogP contribution is 2.40. The summed E-state index contributed by atoms with van der Waals surface area (Å²) in [6.07, 6.45) is 2.05. The average Bonchev–Trinajstić information content (AvgIpc) is 3.40. The zero-order valence-electron chi connectivity index (χ0n) is 24.7. The zero-order chi connectivity index (χ0) is 31.6. The van der Waals surface area contributed by atoms with Gasteiger partial charge in [-0.3, -0.25) is 4.79 Å². The molecule has 2 atom stereocenters. The average molecular weight is 706 g/mol. The van der Waals surface area contributed by atoms with Crippen LogP contribution in [0.1, 0.15) is 72.9 Å². The number of fused-ring (bicyclic) bond motifs is 2. The molecule has 10 nitrogen and oxygen atoms in total. The summed E-state index contributed by atoms with van der Waals surface area (Å²) >= 11 is 10.2.